The summed E-state index contributed by atoms with van der Waals surface area (Å²) in [6, 6.07) is 19.2. The van der Waals surface area contributed by atoms with Crippen molar-refractivity contribution in [2.45, 2.75) is 4.87 Å². The quantitative estimate of drug-likeness (QED) is 0.599. The molecule has 1 spiro atoms. The maximum Gasteiger partial charge on any atom is 0.269 e. The minimum atomic E-state index is -1.36. The van der Waals surface area contributed by atoms with Gasteiger partial charge in [-0.2, -0.15) is 0 Å². The van der Waals surface area contributed by atoms with Gasteiger partial charge in [-0.3, -0.25) is 24.2 Å². The van der Waals surface area contributed by atoms with Gasteiger partial charge in [-0.05, 0) is 54.6 Å². The third kappa shape index (κ3) is 3.55. The Morgan fingerprint density at radius 1 is 1.03 bits per heavy atom. The van der Waals surface area contributed by atoms with E-state index in [0.29, 0.717) is 27.6 Å². The van der Waals surface area contributed by atoms with Crippen molar-refractivity contribution in [3.63, 3.8) is 0 Å². The number of nitrogens with zero attached hydrogens (tertiary/aromatic N) is 2. The lowest BCUT2D eigenvalue weighted by Crippen LogP contribution is -2.50. The number of hydrogen-bond acceptors (Lipinski definition) is 4. The summed E-state index contributed by atoms with van der Waals surface area (Å²) < 4.78 is 13.5. The van der Waals surface area contributed by atoms with E-state index in [1.807, 2.05) is 0 Å². The average molecular weight is 482 g/mol. The first-order valence-electron chi connectivity index (χ1n) is 10.1. The maximum absolute atomic E-state index is 13.9. The molecule has 3 aromatic rings. The van der Waals surface area contributed by atoms with Gasteiger partial charge >= 0.3 is 0 Å². The van der Waals surface area contributed by atoms with Gasteiger partial charge < -0.3 is 5.32 Å². The summed E-state index contributed by atoms with van der Waals surface area (Å²) in [7, 11) is 0. The van der Waals surface area contributed by atoms with E-state index in [9.17, 15) is 18.8 Å². The van der Waals surface area contributed by atoms with Crippen LogP contribution in [0.15, 0.2) is 72.8 Å². The predicted molar refractivity (Wildman–Crippen MR) is 127 cm³/mol. The first-order chi connectivity index (χ1) is 15.9. The van der Waals surface area contributed by atoms with E-state index in [-0.39, 0.29) is 24.1 Å². The highest BCUT2D eigenvalue weighted by Gasteiger charge is 2.61. The standard InChI is InChI=1S/C24H17ClFN3O3S/c25-15-5-9-17(10-6-15)27-21(30)13-28-20-4-2-1-3-19(20)24(23(28)32)29(22(31)14-33-24)18-11-7-16(26)8-12-18/h1-12H,13-14H2,(H,27,30)/t24-/m1/s1. The molecule has 9 heteroatoms. The number of carbonyl (C=O) groups excluding carboxylic acids is 3. The minimum Gasteiger partial charge on any atom is -0.325 e. The number of carbonyl (C=O) groups is 3. The van der Waals surface area contributed by atoms with Crippen molar-refractivity contribution in [1.82, 2.24) is 0 Å². The van der Waals surface area contributed by atoms with E-state index in [0.717, 1.165) is 0 Å². The molecule has 33 heavy (non-hydrogen) atoms. The van der Waals surface area contributed by atoms with Gasteiger partial charge in [0.2, 0.25) is 16.7 Å². The number of halogens is 2. The largest absolute Gasteiger partial charge is 0.325 e. The molecule has 1 N–H and O–H groups in total. The molecular formula is C24H17ClFN3O3S. The van der Waals surface area contributed by atoms with Crippen molar-refractivity contribution < 1.29 is 18.8 Å². The number of benzene rings is 3. The molecule has 5 rings (SSSR count). The van der Waals surface area contributed by atoms with Gasteiger partial charge in [0, 0.05) is 22.0 Å². The lowest BCUT2D eigenvalue weighted by Gasteiger charge is -2.33. The van der Waals surface area contributed by atoms with Gasteiger partial charge in [-0.1, -0.05) is 29.8 Å². The molecule has 1 fully saturated rings. The molecule has 6 nitrogen and oxygen atoms in total. The maximum atomic E-state index is 13.9. The number of amides is 3. The van der Waals surface area contributed by atoms with Gasteiger partial charge in [0.15, 0.2) is 0 Å². The second-order valence-electron chi connectivity index (χ2n) is 7.60. The highest BCUT2D eigenvalue weighted by atomic mass is 35.5. The van der Waals surface area contributed by atoms with Crippen LogP contribution in [0.25, 0.3) is 0 Å². The van der Waals surface area contributed by atoms with Crippen molar-refractivity contribution in [1.29, 1.82) is 0 Å². The molecule has 2 aliphatic rings. The summed E-state index contributed by atoms with van der Waals surface area (Å²) in [4.78, 5) is 41.0. The van der Waals surface area contributed by atoms with Crippen molar-refractivity contribution >= 4 is 58.1 Å². The third-order valence-electron chi connectivity index (χ3n) is 5.58. The molecule has 0 aromatic heterocycles. The van der Waals surface area contributed by atoms with Crippen LogP contribution < -0.4 is 15.1 Å². The minimum absolute atomic E-state index is 0.0856. The fourth-order valence-electron chi connectivity index (χ4n) is 4.18. The van der Waals surface area contributed by atoms with Crippen molar-refractivity contribution in [2.75, 3.05) is 27.4 Å². The molecule has 3 amide bonds. The number of para-hydroxylation sites is 1. The monoisotopic (exact) mass is 481 g/mol. The number of anilines is 3. The van der Waals surface area contributed by atoms with E-state index in [4.69, 9.17) is 11.6 Å². The second-order valence-corrected chi connectivity index (χ2v) is 9.21. The van der Waals surface area contributed by atoms with E-state index in [1.165, 1.54) is 45.8 Å². The average Bonchev–Trinajstić information content (AvgIpc) is 3.27. The number of fused-ring (bicyclic) bond motifs is 2. The first kappa shape index (κ1) is 21.5. The van der Waals surface area contributed by atoms with Crippen LogP contribution in [0.1, 0.15) is 5.56 Å². The number of rotatable bonds is 4. The Bertz CT molecular complexity index is 1270. The van der Waals surface area contributed by atoms with Crippen LogP contribution in [-0.2, 0) is 19.3 Å². The molecule has 3 aromatic carbocycles. The molecule has 0 bridgehead atoms. The Morgan fingerprint density at radius 2 is 1.73 bits per heavy atom. The number of nitrogens with one attached hydrogen (secondary N) is 1. The molecule has 1 atom stereocenters. The molecular weight excluding hydrogens is 465 g/mol. The number of thioether (sulfide) groups is 1. The zero-order valence-corrected chi connectivity index (χ0v) is 18.7. The summed E-state index contributed by atoms with van der Waals surface area (Å²) in [6.45, 7) is -0.230. The first-order valence-corrected chi connectivity index (χ1v) is 11.5. The summed E-state index contributed by atoms with van der Waals surface area (Å²) in [5.74, 6) is -1.40. The van der Waals surface area contributed by atoms with Crippen LogP contribution in [0.4, 0.5) is 21.5 Å². The molecule has 0 unspecified atom stereocenters. The van der Waals surface area contributed by atoms with Crippen LogP contribution in [0.3, 0.4) is 0 Å². The second kappa shape index (κ2) is 8.20. The molecule has 0 saturated carbocycles. The highest BCUT2D eigenvalue weighted by molar-refractivity contribution is 8.02. The molecule has 0 aliphatic carbocycles. The van der Waals surface area contributed by atoms with E-state index in [2.05, 4.69) is 5.32 Å². The number of hydrogen-bond donors (Lipinski definition) is 1. The van der Waals surface area contributed by atoms with Crippen LogP contribution in [0, 0.1) is 5.82 Å². The van der Waals surface area contributed by atoms with Gasteiger partial charge in [0.25, 0.3) is 5.91 Å². The third-order valence-corrected chi connectivity index (χ3v) is 7.22. The Morgan fingerprint density at radius 3 is 2.45 bits per heavy atom. The van der Waals surface area contributed by atoms with Gasteiger partial charge in [0.05, 0.1) is 11.4 Å². The summed E-state index contributed by atoms with van der Waals surface area (Å²) in [6.07, 6.45) is 0. The molecule has 2 heterocycles. The fourth-order valence-corrected chi connectivity index (χ4v) is 5.67. The molecule has 2 aliphatic heterocycles. The van der Waals surface area contributed by atoms with Crippen LogP contribution in [0.2, 0.25) is 5.02 Å². The Labute approximate surface area is 198 Å². The Balaban J connectivity index is 1.50. The van der Waals surface area contributed by atoms with E-state index in [1.54, 1.807) is 48.5 Å². The van der Waals surface area contributed by atoms with Crippen LogP contribution in [-0.4, -0.2) is 30.0 Å². The van der Waals surface area contributed by atoms with E-state index < -0.39 is 16.6 Å². The summed E-state index contributed by atoms with van der Waals surface area (Å²) in [5, 5.41) is 3.31. The van der Waals surface area contributed by atoms with Crippen molar-refractivity contribution in [3.05, 3.63) is 89.2 Å². The topological polar surface area (TPSA) is 69.7 Å². The fraction of sp³-hybridized carbons (Fsp3) is 0.125. The predicted octanol–water partition coefficient (Wildman–Crippen LogP) is 4.40. The van der Waals surface area contributed by atoms with Crippen LogP contribution in [0.5, 0.6) is 0 Å². The zero-order valence-electron chi connectivity index (χ0n) is 17.1. The molecule has 0 radical (unpaired) electrons. The van der Waals surface area contributed by atoms with Gasteiger partial charge in [0.1, 0.15) is 12.4 Å². The Kier molecular flexibility index (Phi) is 5.34. The smallest absolute Gasteiger partial charge is 0.269 e. The normalized spacial score (nSPS) is 19.3. The van der Waals surface area contributed by atoms with Crippen molar-refractivity contribution in [2.24, 2.45) is 0 Å². The SMILES string of the molecule is O=C(CN1C(=O)[C@]2(SCC(=O)N2c2ccc(F)cc2)c2ccccc21)Nc1ccc(Cl)cc1. The molecule has 166 valence electrons. The van der Waals surface area contributed by atoms with Gasteiger partial charge in [-0.15, -0.1) is 11.8 Å². The Hall–Kier alpha value is -3.36. The van der Waals surface area contributed by atoms with Gasteiger partial charge in [-0.25, -0.2) is 4.39 Å². The van der Waals surface area contributed by atoms with Crippen LogP contribution >= 0.6 is 23.4 Å². The van der Waals surface area contributed by atoms with Crippen molar-refractivity contribution in [3.8, 4) is 0 Å². The summed E-state index contributed by atoms with van der Waals surface area (Å²) in [5.41, 5.74) is 2.15. The molecule has 1 saturated heterocycles. The lowest BCUT2D eigenvalue weighted by molar-refractivity contribution is -0.124. The highest BCUT2D eigenvalue weighted by Crippen LogP contribution is 2.55. The summed E-state index contributed by atoms with van der Waals surface area (Å²) >= 11 is 7.09. The lowest BCUT2D eigenvalue weighted by atomic mass is 10.0. The van der Waals surface area contributed by atoms with E-state index >= 15 is 0 Å². The zero-order chi connectivity index (χ0) is 23.2.